The van der Waals surface area contributed by atoms with Crippen LogP contribution in [0.2, 0.25) is 0 Å². The van der Waals surface area contributed by atoms with Gasteiger partial charge in [-0.2, -0.15) is 0 Å². The Morgan fingerprint density at radius 2 is 0.660 bits per heavy atom. The number of hydrogen-bond acceptors (Lipinski definition) is 3. The summed E-state index contributed by atoms with van der Waals surface area (Å²) in [5, 5.41) is 0. The van der Waals surface area contributed by atoms with Crippen LogP contribution in [0.5, 0.6) is 0 Å². The van der Waals surface area contributed by atoms with E-state index in [1.54, 1.807) is 0 Å². The fourth-order valence-electron chi connectivity index (χ4n) is 14.3. The first-order valence-electron chi connectivity index (χ1n) is 37.5. The van der Waals surface area contributed by atoms with Gasteiger partial charge in [0, 0.05) is 67.1 Å². The van der Waals surface area contributed by atoms with Crippen LogP contribution < -0.4 is 26.2 Å². The molecule has 0 aliphatic carbocycles. The maximum atomic E-state index is 9.61. The number of nitrogens with zero attached hydrogens (tertiary/aromatic N) is 3. The van der Waals surface area contributed by atoms with Gasteiger partial charge in [-0.15, -0.1) is 0 Å². The second-order valence-corrected chi connectivity index (χ2v) is 34.7. The van der Waals surface area contributed by atoms with Gasteiger partial charge in [-0.3, -0.25) is 4.98 Å². The lowest BCUT2D eigenvalue weighted by Gasteiger charge is -2.47. The molecule has 0 N–H and O–H groups in total. The molecule has 0 radical (unpaired) electrons. The highest BCUT2D eigenvalue weighted by Gasteiger charge is 2.47. The summed E-state index contributed by atoms with van der Waals surface area (Å²) in [6.07, 6.45) is 0. The minimum Gasteiger partial charge on any atom is -0.310 e. The Balaban J connectivity index is 1.29. The molecule has 0 saturated carbocycles. The van der Waals surface area contributed by atoms with Crippen LogP contribution in [0.1, 0.15) is 191 Å². The first-order chi connectivity index (χ1) is 47.6. The maximum absolute atomic E-state index is 9.61. The Morgan fingerprint density at radius 1 is 0.289 bits per heavy atom. The third-order valence-corrected chi connectivity index (χ3v) is 20.0. The van der Waals surface area contributed by atoms with Gasteiger partial charge in [0.15, 0.2) is 0 Å². The van der Waals surface area contributed by atoms with Gasteiger partial charge in [-0.25, -0.2) is 0 Å². The highest BCUT2D eigenvalue weighted by atomic mass is 15.2. The van der Waals surface area contributed by atoms with E-state index >= 15 is 0 Å². The van der Waals surface area contributed by atoms with E-state index in [9.17, 15) is 2.74 Å². The second-order valence-electron chi connectivity index (χ2n) is 34.7. The Morgan fingerprint density at radius 3 is 1.05 bits per heavy atom. The summed E-state index contributed by atoms with van der Waals surface area (Å²) in [6, 6.07) is 71.1. The summed E-state index contributed by atoms with van der Waals surface area (Å²) in [5.41, 5.74) is 26.8. The third-order valence-electron chi connectivity index (χ3n) is 20.0. The number of anilines is 6. The molecule has 10 aromatic carbocycles. The zero-order chi connectivity index (χ0) is 73.6. The van der Waals surface area contributed by atoms with Gasteiger partial charge in [-0.05, 0) is 165 Å². The van der Waals surface area contributed by atoms with Gasteiger partial charge >= 0.3 is 0 Å². The molecule has 0 amide bonds. The van der Waals surface area contributed by atoms with Crippen molar-refractivity contribution in [2.24, 2.45) is 0 Å². The van der Waals surface area contributed by atoms with Crippen LogP contribution in [0.4, 0.5) is 34.1 Å². The molecule has 0 spiro atoms. The van der Waals surface area contributed by atoms with E-state index in [0.717, 1.165) is 123 Å². The van der Waals surface area contributed by atoms with Gasteiger partial charge < -0.3 is 9.80 Å². The van der Waals surface area contributed by atoms with Crippen LogP contribution in [0.25, 0.3) is 66.8 Å². The minimum atomic E-state index is -0.430. The lowest BCUT2D eigenvalue weighted by atomic mass is 9.33. The number of fused-ring (bicyclic) bond motifs is 4. The first-order valence-corrected chi connectivity index (χ1v) is 35.0. The van der Waals surface area contributed by atoms with E-state index < -0.39 is 23.6 Å². The molecule has 97 heavy (non-hydrogen) atoms. The van der Waals surface area contributed by atoms with E-state index in [-0.39, 0.29) is 56.8 Å². The second kappa shape index (κ2) is 23.9. The van der Waals surface area contributed by atoms with Crippen molar-refractivity contribution in [1.82, 2.24) is 4.98 Å². The largest absolute Gasteiger partial charge is 0.310 e. The van der Waals surface area contributed by atoms with Crippen LogP contribution in [-0.4, -0.2) is 11.7 Å². The fourth-order valence-corrected chi connectivity index (χ4v) is 14.3. The van der Waals surface area contributed by atoms with Crippen molar-refractivity contribution in [2.45, 2.75) is 183 Å². The van der Waals surface area contributed by atoms with Gasteiger partial charge in [0.2, 0.25) is 0 Å². The fraction of sp³-hybridized carbons (Fsp3) is 0.301. The average molecular weight is 1280 g/mol. The monoisotopic (exact) mass is 1270 g/mol. The number of rotatable bonds is 8. The smallest absolute Gasteiger partial charge is 0.252 e. The van der Waals surface area contributed by atoms with Crippen LogP contribution in [0.15, 0.2) is 224 Å². The number of aromatic nitrogens is 1. The highest BCUT2D eigenvalue weighted by molar-refractivity contribution is 7.00. The number of benzene rings is 10. The minimum absolute atomic E-state index is 0.149. The molecular formula is C93H100BN3. The van der Waals surface area contributed by atoms with Crippen LogP contribution in [0.3, 0.4) is 0 Å². The van der Waals surface area contributed by atoms with Gasteiger partial charge in [0.05, 0.1) is 23.9 Å². The van der Waals surface area contributed by atoms with Crippen LogP contribution >= 0.6 is 0 Å². The molecule has 2 aliphatic heterocycles. The lowest BCUT2D eigenvalue weighted by Crippen LogP contribution is -2.61. The molecule has 3 nitrogen and oxygen atoms in total. The summed E-state index contributed by atoms with van der Waals surface area (Å²) in [4.78, 5) is 11.0. The molecule has 0 atom stereocenters. The van der Waals surface area contributed by atoms with Crippen molar-refractivity contribution in [2.75, 3.05) is 9.80 Å². The van der Waals surface area contributed by atoms with E-state index in [4.69, 9.17) is 9.10 Å². The zero-order valence-corrected chi connectivity index (χ0v) is 61.4. The average Bonchev–Trinajstić information content (AvgIpc) is 0.686. The van der Waals surface area contributed by atoms with E-state index in [1.165, 1.54) is 22.3 Å². The summed E-state index contributed by atoms with van der Waals surface area (Å²) >= 11 is 0. The molecule has 0 fully saturated rings. The van der Waals surface area contributed by atoms with E-state index in [0.29, 0.717) is 5.56 Å². The van der Waals surface area contributed by atoms with Crippen molar-refractivity contribution < 1.29 is 6.85 Å². The standard InChI is InChI=1S/C93H100BN3/c1-87(2,3)66-48-65(49-67(52-66)88(4,5)6)64-43-46-77-79(51-64)97(85-74(62-40-32-25-33-41-62)55-69(90(10,11)12)56-75(85)71-44-47-82(92(16,17)18)95-86(71)93(19,20)21)81-58-70(91(13,14)15)57-80-83(81)94(77)76-45-42-63(59-34-26-22-27-35-59)50-78(76)96(80)84-72(60-36-28-23-29-37-60)53-68(89(7,8)9)54-73(84)61-38-30-24-31-39-61/h22-58H,1-21H3/i22D,26D,27D,34D,35D. The quantitative estimate of drug-likeness (QED) is 0.141. The van der Waals surface area contributed by atoms with E-state index in [2.05, 4.69) is 343 Å². The Hall–Kier alpha value is -8.99. The molecular weight excluding hydrogens is 1170 g/mol. The molecule has 1 aromatic heterocycles. The van der Waals surface area contributed by atoms with Crippen molar-refractivity contribution in [1.29, 1.82) is 0 Å². The number of hydrogen-bond donors (Lipinski definition) is 0. The predicted octanol–water partition coefficient (Wildman–Crippen LogP) is 24.2. The van der Waals surface area contributed by atoms with Gasteiger partial charge in [0.25, 0.3) is 6.71 Å². The predicted molar refractivity (Wildman–Crippen MR) is 422 cm³/mol. The molecule has 0 unspecified atom stereocenters. The van der Waals surface area contributed by atoms with Crippen LogP contribution in [-0.2, 0) is 37.9 Å². The van der Waals surface area contributed by atoms with Crippen LogP contribution in [0, 0.1) is 0 Å². The summed E-state index contributed by atoms with van der Waals surface area (Å²) < 4.78 is 46.2. The normalized spacial score (nSPS) is 14.3. The molecule has 13 rings (SSSR count). The highest BCUT2D eigenvalue weighted by Crippen LogP contribution is 2.56. The molecule has 4 heteroatoms. The molecule has 11 aromatic rings. The topological polar surface area (TPSA) is 19.4 Å². The molecule has 2 aliphatic rings. The summed E-state index contributed by atoms with van der Waals surface area (Å²) in [7, 11) is 0. The molecule has 3 heterocycles. The summed E-state index contributed by atoms with van der Waals surface area (Å²) in [5.74, 6) is 0. The summed E-state index contributed by atoms with van der Waals surface area (Å²) in [6.45, 7) is 48.0. The Labute approximate surface area is 589 Å². The Bertz CT molecular complexity index is 5020. The third kappa shape index (κ3) is 12.5. The van der Waals surface area contributed by atoms with Crippen molar-refractivity contribution >= 4 is 57.2 Å². The number of pyridine rings is 1. The molecule has 490 valence electrons. The van der Waals surface area contributed by atoms with Crippen molar-refractivity contribution in [3.05, 3.63) is 264 Å². The molecule has 0 saturated heterocycles. The van der Waals surface area contributed by atoms with E-state index in [1.807, 2.05) is 6.07 Å². The zero-order valence-electron chi connectivity index (χ0n) is 66.4. The maximum Gasteiger partial charge on any atom is 0.252 e. The molecule has 0 bridgehead atoms. The SMILES string of the molecule is [2H]c1c([2H])c([2H])c(-c2ccc3c(c2)N(c2c(-c4ccccc4)cc(C(C)(C)C)cc2-c2ccccc2)c2cc(C(C)(C)C)cc4c2B3c2ccc(-c3cc(C(C)(C)C)cc(C(C)(C)C)c3)cc2N4c2c(-c3ccccc3)cc(C(C)(C)C)cc2-c2ccc(C(C)(C)C)nc2C(C)(C)C)c([2H])c1[2H]. The lowest BCUT2D eigenvalue weighted by molar-refractivity contribution is 0.532. The van der Waals surface area contributed by atoms with Gasteiger partial charge in [0.1, 0.15) is 0 Å². The van der Waals surface area contributed by atoms with Crippen molar-refractivity contribution in [3.8, 4) is 66.8 Å². The first kappa shape index (κ1) is 60.4. The van der Waals surface area contributed by atoms with Crippen molar-refractivity contribution in [3.63, 3.8) is 0 Å². The Kier molecular flexibility index (Phi) is 14.9. The van der Waals surface area contributed by atoms with Gasteiger partial charge in [-0.1, -0.05) is 315 Å².